The van der Waals surface area contributed by atoms with E-state index in [1.165, 1.54) is 7.11 Å². The Labute approximate surface area is 133 Å². The van der Waals surface area contributed by atoms with E-state index in [4.69, 9.17) is 21.1 Å². The molecule has 0 amide bonds. The molecule has 0 fully saturated rings. The van der Waals surface area contributed by atoms with Crippen LogP contribution in [0.3, 0.4) is 0 Å². The standard InChI is InChI=1S/C15H20BrClO3/c1-19-15(18)14(20-9-4-2-3-8-16)11-12-6-5-7-13(17)10-12/h5-7,10,14H,2-4,8-9,11H2,1H3. The Kier molecular flexibility index (Phi) is 8.90. The lowest BCUT2D eigenvalue weighted by Gasteiger charge is -2.16. The molecule has 1 aromatic carbocycles. The van der Waals surface area contributed by atoms with Gasteiger partial charge in [0, 0.05) is 23.4 Å². The predicted molar refractivity (Wildman–Crippen MR) is 84.6 cm³/mol. The highest BCUT2D eigenvalue weighted by atomic mass is 79.9. The Morgan fingerprint density at radius 3 is 2.80 bits per heavy atom. The highest BCUT2D eigenvalue weighted by molar-refractivity contribution is 9.09. The Balaban J connectivity index is 2.49. The van der Waals surface area contributed by atoms with E-state index in [-0.39, 0.29) is 5.97 Å². The van der Waals surface area contributed by atoms with Crippen molar-refractivity contribution >= 4 is 33.5 Å². The van der Waals surface area contributed by atoms with Crippen molar-refractivity contribution in [3.63, 3.8) is 0 Å². The fourth-order valence-electron chi connectivity index (χ4n) is 1.82. The van der Waals surface area contributed by atoms with Crippen LogP contribution in [0.15, 0.2) is 24.3 Å². The van der Waals surface area contributed by atoms with Crippen LogP contribution in [0, 0.1) is 0 Å². The minimum absolute atomic E-state index is 0.342. The van der Waals surface area contributed by atoms with E-state index in [0.717, 1.165) is 30.2 Å². The van der Waals surface area contributed by atoms with Gasteiger partial charge in [0.25, 0.3) is 0 Å². The van der Waals surface area contributed by atoms with E-state index >= 15 is 0 Å². The van der Waals surface area contributed by atoms with Crippen molar-refractivity contribution in [3.05, 3.63) is 34.9 Å². The van der Waals surface area contributed by atoms with Gasteiger partial charge in [0.05, 0.1) is 7.11 Å². The Morgan fingerprint density at radius 2 is 2.15 bits per heavy atom. The van der Waals surface area contributed by atoms with Crippen molar-refractivity contribution in [1.82, 2.24) is 0 Å². The molecule has 20 heavy (non-hydrogen) atoms. The lowest BCUT2D eigenvalue weighted by molar-refractivity contribution is -0.154. The average Bonchev–Trinajstić information content (AvgIpc) is 2.45. The van der Waals surface area contributed by atoms with E-state index in [9.17, 15) is 4.79 Å². The molecule has 0 radical (unpaired) electrons. The monoisotopic (exact) mass is 362 g/mol. The van der Waals surface area contributed by atoms with Crippen LogP contribution in [0.25, 0.3) is 0 Å². The third-order valence-electron chi connectivity index (χ3n) is 2.87. The maximum Gasteiger partial charge on any atom is 0.335 e. The van der Waals surface area contributed by atoms with Crippen LogP contribution in [0.1, 0.15) is 24.8 Å². The first-order chi connectivity index (χ1) is 9.67. The van der Waals surface area contributed by atoms with Crippen molar-refractivity contribution in [2.24, 2.45) is 0 Å². The molecule has 0 N–H and O–H groups in total. The van der Waals surface area contributed by atoms with Gasteiger partial charge in [-0.1, -0.05) is 46.1 Å². The highest BCUT2D eigenvalue weighted by Crippen LogP contribution is 2.14. The fourth-order valence-corrected chi connectivity index (χ4v) is 2.43. The van der Waals surface area contributed by atoms with Crippen molar-refractivity contribution < 1.29 is 14.3 Å². The molecule has 0 aromatic heterocycles. The molecule has 1 atom stereocenters. The van der Waals surface area contributed by atoms with Gasteiger partial charge in [-0.3, -0.25) is 0 Å². The third-order valence-corrected chi connectivity index (χ3v) is 3.67. The van der Waals surface area contributed by atoms with Crippen LogP contribution >= 0.6 is 27.5 Å². The van der Waals surface area contributed by atoms with Gasteiger partial charge in [0.15, 0.2) is 6.10 Å². The third kappa shape index (κ3) is 6.73. The van der Waals surface area contributed by atoms with Crippen LogP contribution in [0.4, 0.5) is 0 Å². The first kappa shape index (κ1) is 17.5. The lowest BCUT2D eigenvalue weighted by atomic mass is 10.1. The molecule has 5 heteroatoms. The van der Waals surface area contributed by atoms with Crippen LogP contribution in [0.2, 0.25) is 5.02 Å². The molecule has 0 spiro atoms. The number of hydrogen-bond acceptors (Lipinski definition) is 3. The molecular formula is C15H20BrClO3. The highest BCUT2D eigenvalue weighted by Gasteiger charge is 2.20. The zero-order valence-electron chi connectivity index (χ0n) is 11.6. The first-order valence-corrected chi connectivity index (χ1v) is 8.17. The molecule has 0 aliphatic rings. The van der Waals surface area contributed by atoms with Gasteiger partial charge >= 0.3 is 5.97 Å². The lowest BCUT2D eigenvalue weighted by Crippen LogP contribution is -2.28. The van der Waals surface area contributed by atoms with E-state index in [2.05, 4.69) is 15.9 Å². The summed E-state index contributed by atoms with van der Waals surface area (Å²) in [5, 5.41) is 1.65. The molecule has 0 aliphatic heterocycles. The minimum Gasteiger partial charge on any atom is -0.467 e. The zero-order valence-corrected chi connectivity index (χ0v) is 14.0. The van der Waals surface area contributed by atoms with Gasteiger partial charge in [-0.05, 0) is 30.5 Å². The van der Waals surface area contributed by atoms with Gasteiger partial charge < -0.3 is 9.47 Å². The maximum absolute atomic E-state index is 11.7. The first-order valence-electron chi connectivity index (χ1n) is 6.67. The minimum atomic E-state index is -0.567. The summed E-state index contributed by atoms with van der Waals surface area (Å²) >= 11 is 9.33. The van der Waals surface area contributed by atoms with Crippen LogP contribution in [-0.4, -0.2) is 31.1 Å². The molecule has 1 rings (SSSR count). The Hall–Kier alpha value is -0.580. The number of ether oxygens (including phenoxy) is 2. The number of carbonyl (C=O) groups is 1. The molecule has 0 bridgehead atoms. The van der Waals surface area contributed by atoms with Crippen molar-refractivity contribution in [1.29, 1.82) is 0 Å². The number of esters is 1. The molecule has 0 saturated heterocycles. The second-order valence-electron chi connectivity index (χ2n) is 4.47. The second kappa shape index (κ2) is 10.2. The van der Waals surface area contributed by atoms with E-state index in [0.29, 0.717) is 18.1 Å². The largest absolute Gasteiger partial charge is 0.467 e. The average molecular weight is 364 g/mol. The number of benzene rings is 1. The van der Waals surface area contributed by atoms with Crippen LogP contribution in [-0.2, 0) is 20.7 Å². The SMILES string of the molecule is COC(=O)C(Cc1cccc(Cl)c1)OCCCCCBr. The van der Waals surface area contributed by atoms with Crippen LogP contribution in [0.5, 0.6) is 0 Å². The van der Waals surface area contributed by atoms with Gasteiger partial charge in [-0.25, -0.2) is 4.79 Å². The molecule has 112 valence electrons. The quantitative estimate of drug-likeness (QED) is 0.378. The molecule has 0 heterocycles. The molecular weight excluding hydrogens is 344 g/mol. The molecule has 1 unspecified atom stereocenters. The Bertz CT molecular complexity index is 412. The molecule has 0 aliphatic carbocycles. The predicted octanol–water partition coefficient (Wildman–Crippen LogP) is 4.01. The van der Waals surface area contributed by atoms with Gasteiger partial charge in [0.2, 0.25) is 0 Å². The molecule has 3 nitrogen and oxygen atoms in total. The maximum atomic E-state index is 11.7. The summed E-state index contributed by atoms with van der Waals surface area (Å²) in [4.78, 5) is 11.7. The number of methoxy groups -OCH3 is 1. The number of alkyl halides is 1. The van der Waals surface area contributed by atoms with Crippen molar-refractivity contribution in [2.75, 3.05) is 19.0 Å². The summed E-state index contributed by atoms with van der Waals surface area (Å²) in [6.45, 7) is 0.563. The Morgan fingerprint density at radius 1 is 1.35 bits per heavy atom. The molecule has 0 saturated carbocycles. The molecule has 1 aromatic rings. The van der Waals surface area contributed by atoms with Crippen molar-refractivity contribution in [2.45, 2.75) is 31.8 Å². The summed E-state index contributed by atoms with van der Waals surface area (Å²) in [6, 6.07) is 7.43. The normalized spacial score (nSPS) is 12.2. The zero-order chi connectivity index (χ0) is 14.8. The summed E-state index contributed by atoms with van der Waals surface area (Å²) in [6.07, 6.45) is 3.04. The van der Waals surface area contributed by atoms with Gasteiger partial charge in [0.1, 0.15) is 0 Å². The summed E-state index contributed by atoms with van der Waals surface area (Å²) in [5.74, 6) is -0.342. The van der Waals surface area contributed by atoms with Gasteiger partial charge in [-0.15, -0.1) is 0 Å². The second-order valence-corrected chi connectivity index (χ2v) is 5.70. The number of carbonyl (C=O) groups excluding carboxylic acids is 1. The fraction of sp³-hybridized carbons (Fsp3) is 0.533. The van der Waals surface area contributed by atoms with E-state index < -0.39 is 6.10 Å². The number of rotatable bonds is 9. The van der Waals surface area contributed by atoms with Crippen LogP contribution < -0.4 is 0 Å². The topological polar surface area (TPSA) is 35.5 Å². The summed E-state index contributed by atoms with van der Waals surface area (Å²) < 4.78 is 10.4. The van der Waals surface area contributed by atoms with E-state index in [1.54, 1.807) is 6.07 Å². The van der Waals surface area contributed by atoms with E-state index in [1.807, 2.05) is 18.2 Å². The smallest absolute Gasteiger partial charge is 0.335 e. The number of halogens is 2. The van der Waals surface area contributed by atoms with Gasteiger partial charge in [-0.2, -0.15) is 0 Å². The van der Waals surface area contributed by atoms with Crippen molar-refractivity contribution in [3.8, 4) is 0 Å². The summed E-state index contributed by atoms with van der Waals surface area (Å²) in [7, 11) is 1.38. The number of unbranched alkanes of at least 4 members (excludes halogenated alkanes) is 2. The number of hydrogen-bond donors (Lipinski definition) is 0. The summed E-state index contributed by atoms with van der Waals surface area (Å²) in [5.41, 5.74) is 0.966.